The average molecular weight is 581 g/mol. The van der Waals surface area contributed by atoms with Gasteiger partial charge in [-0.25, -0.2) is 4.99 Å². The summed E-state index contributed by atoms with van der Waals surface area (Å²) in [5.41, 5.74) is 7.98. The molecule has 216 valence electrons. The minimum Gasteiger partial charge on any atom is -0.282 e. The molecule has 0 aromatic heterocycles. The second kappa shape index (κ2) is 11.7. The van der Waals surface area contributed by atoms with Gasteiger partial charge >= 0.3 is 0 Å². The monoisotopic (exact) mass is 580 g/mol. The summed E-state index contributed by atoms with van der Waals surface area (Å²) >= 11 is 0. The van der Waals surface area contributed by atoms with Gasteiger partial charge in [0.25, 0.3) is 0 Å². The SMILES string of the molecule is CC(C)(C)c1ccc(C(C)(C)C)c(/N=C2/C(=N/CCP(c3ccccc3)c3ccccc3)c3cccc4cccc2c34)c1. The molecule has 0 N–H and O–H groups in total. The van der Waals surface area contributed by atoms with Gasteiger partial charge < -0.3 is 0 Å². The standard InChI is InChI=1S/C40H41N2P/c1-39(2,3)29-23-24-34(40(4,5)6)35(27-29)42-38-33-22-14-16-28-15-13-21-32(36(28)33)37(38)41-25-26-43(30-17-9-7-10-18-30)31-19-11-8-12-20-31/h7-24,27H,25-26H2,1-6H3/b41-37+,42-38+. The van der Waals surface area contributed by atoms with Crippen LogP contribution in [0, 0.1) is 0 Å². The molecule has 6 rings (SSSR count). The number of nitrogens with zero attached hydrogens (tertiary/aromatic N) is 2. The van der Waals surface area contributed by atoms with Gasteiger partial charge in [-0.1, -0.05) is 151 Å². The van der Waals surface area contributed by atoms with E-state index in [-0.39, 0.29) is 10.8 Å². The molecular weight excluding hydrogens is 539 g/mol. The number of benzene rings is 5. The molecule has 0 heterocycles. The van der Waals surface area contributed by atoms with Gasteiger partial charge in [-0.2, -0.15) is 0 Å². The molecular formula is C40H41N2P. The fourth-order valence-corrected chi connectivity index (χ4v) is 8.17. The number of rotatable bonds is 6. The molecule has 2 nitrogen and oxygen atoms in total. The second-order valence-corrected chi connectivity index (χ2v) is 15.8. The zero-order valence-electron chi connectivity index (χ0n) is 26.2. The molecule has 3 heteroatoms. The van der Waals surface area contributed by atoms with Crippen molar-refractivity contribution in [3.05, 3.63) is 138 Å². The Balaban J connectivity index is 1.47. The lowest BCUT2D eigenvalue weighted by molar-refractivity contribution is 0.578. The van der Waals surface area contributed by atoms with Crippen LogP contribution in [0.3, 0.4) is 0 Å². The van der Waals surface area contributed by atoms with E-state index in [1.165, 1.54) is 43.6 Å². The predicted molar refractivity (Wildman–Crippen MR) is 189 cm³/mol. The highest BCUT2D eigenvalue weighted by molar-refractivity contribution is 7.73. The first-order valence-electron chi connectivity index (χ1n) is 15.3. The van der Waals surface area contributed by atoms with Crippen molar-refractivity contribution in [1.82, 2.24) is 0 Å². The zero-order valence-corrected chi connectivity index (χ0v) is 27.1. The van der Waals surface area contributed by atoms with Crippen molar-refractivity contribution in [2.24, 2.45) is 9.98 Å². The van der Waals surface area contributed by atoms with E-state index < -0.39 is 7.92 Å². The third-order valence-electron chi connectivity index (χ3n) is 8.27. The summed E-state index contributed by atoms with van der Waals surface area (Å²) < 4.78 is 0. The van der Waals surface area contributed by atoms with Crippen molar-refractivity contribution in [2.75, 3.05) is 12.7 Å². The maximum absolute atomic E-state index is 5.53. The van der Waals surface area contributed by atoms with E-state index in [1.54, 1.807) is 0 Å². The van der Waals surface area contributed by atoms with E-state index in [4.69, 9.17) is 9.98 Å². The maximum atomic E-state index is 5.53. The van der Waals surface area contributed by atoms with Crippen molar-refractivity contribution in [2.45, 2.75) is 52.4 Å². The summed E-state index contributed by atoms with van der Waals surface area (Å²) in [6.45, 7) is 14.4. The topological polar surface area (TPSA) is 24.7 Å². The fraction of sp³-hybridized carbons (Fsp3) is 0.250. The van der Waals surface area contributed by atoms with Crippen LogP contribution in [0.2, 0.25) is 0 Å². The zero-order chi connectivity index (χ0) is 30.2. The summed E-state index contributed by atoms with van der Waals surface area (Å²) in [6, 6.07) is 41.9. The van der Waals surface area contributed by atoms with E-state index >= 15 is 0 Å². The van der Waals surface area contributed by atoms with Crippen LogP contribution >= 0.6 is 7.92 Å². The van der Waals surface area contributed by atoms with Crippen LogP contribution in [0.5, 0.6) is 0 Å². The lowest BCUT2D eigenvalue weighted by atomic mass is 9.81. The predicted octanol–water partition coefficient (Wildman–Crippen LogP) is 9.49. The Bertz CT molecular complexity index is 1780. The quantitative estimate of drug-likeness (QED) is 0.179. The van der Waals surface area contributed by atoms with E-state index in [1.807, 2.05) is 0 Å². The van der Waals surface area contributed by atoms with Crippen LogP contribution in [-0.4, -0.2) is 24.1 Å². The molecule has 0 fully saturated rings. The minimum atomic E-state index is -0.521. The molecule has 0 atom stereocenters. The van der Waals surface area contributed by atoms with E-state index in [0.29, 0.717) is 0 Å². The Kier molecular flexibility index (Phi) is 7.92. The molecule has 0 bridgehead atoms. The fourth-order valence-electron chi connectivity index (χ4n) is 5.99. The van der Waals surface area contributed by atoms with Crippen molar-refractivity contribution >= 4 is 46.4 Å². The van der Waals surface area contributed by atoms with Crippen LogP contribution in [0.1, 0.15) is 63.8 Å². The average Bonchev–Trinajstić information content (AvgIpc) is 3.29. The highest BCUT2D eigenvalue weighted by atomic mass is 31.1. The Hall–Kier alpha value is -3.87. The second-order valence-electron chi connectivity index (χ2n) is 13.5. The molecule has 0 unspecified atom stereocenters. The normalized spacial score (nSPS) is 15.2. The van der Waals surface area contributed by atoms with Crippen molar-refractivity contribution in [3.63, 3.8) is 0 Å². The summed E-state index contributed by atoms with van der Waals surface area (Å²) in [5.74, 6) is 0. The Morgan fingerprint density at radius 1 is 0.581 bits per heavy atom. The lowest BCUT2D eigenvalue weighted by Gasteiger charge is -2.25. The Morgan fingerprint density at radius 2 is 1.16 bits per heavy atom. The molecule has 5 aromatic carbocycles. The largest absolute Gasteiger partial charge is 0.282 e. The third-order valence-corrected chi connectivity index (χ3v) is 10.8. The van der Waals surface area contributed by atoms with E-state index in [9.17, 15) is 0 Å². The smallest absolute Gasteiger partial charge is 0.0974 e. The van der Waals surface area contributed by atoms with Gasteiger partial charge in [-0.05, 0) is 58.1 Å². The van der Waals surface area contributed by atoms with Crippen molar-refractivity contribution in [1.29, 1.82) is 0 Å². The molecule has 0 saturated carbocycles. The highest BCUT2D eigenvalue weighted by Crippen LogP contribution is 2.39. The summed E-state index contributed by atoms with van der Waals surface area (Å²) in [5, 5.41) is 5.29. The first-order chi connectivity index (χ1) is 20.6. The molecule has 43 heavy (non-hydrogen) atoms. The van der Waals surface area contributed by atoms with E-state index in [0.717, 1.165) is 29.8 Å². The lowest BCUT2D eigenvalue weighted by Crippen LogP contribution is -2.17. The molecule has 5 aromatic rings. The van der Waals surface area contributed by atoms with Crippen LogP contribution in [0.25, 0.3) is 10.8 Å². The number of aliphatic imine (C=N–C) groups is 2. The first-order valence-corrected chi connectivity index (χ1v) is 16.8. The molecule has 1 aliphatic rings. The van der Waals surface area contributed by atoms with Crippen LogP contribution < -0.4 is 10.6 Å². The molecule has 0 spiro atoms. The maximum Gasteiger partial charge on any atom is 0.0974 e. The van der Waals surface area contributed by atoms with E-state index in [2.05, 4.69) is 157 Å². The van der Waals surface area contributed by atoms with Gasteiger partial charge in [-0.15, -0.1) is 0 Å². The summed E-state index contributed by atoms with van der Waals surface area (Å²) in [6.07, 6.45) is 0.985. The van der Waals surface area contributed by atoms with Gasteiger partial charge in [0, 0.05) is 23.1 Å². The third kappa shape index (κ3) is 5.99. The van der Waals surface area contributed by atoms with Gasteiger partial charge in [0.2, 0.25) is 0 Å². The van der Waals surface area contributed by atoms with Crippen LogP contribution in [0.4, 0.5) is 5.69 Å². The van der Waals surface area contributed by atoms with Gasteiger partial charge in [0.15, 0.2) is 0 Å². The van der Waals surface area contributed by atoms with Crippen LogP contribution in [0.15, 0.2) is 125 Å². The Labute approximate surface area is 258 Å². The van der Waals surface area contributed by atoms with Gasteiger partial charge in [0.05, 0.1) is 17.1 Å². The van der Waals surface area contributed by atoms with Gasteiger partial charge in [-0.3, -0.25) is 4.99 Å². The molecule has 0 aliphatic heterocycles. The number of hydrogen-bond donors (Lipinski definition) is 0. The molecule has 1 aliphatic carbocycles. The van der Waals surface area contributed by atoms with Crippen molar-refractivity contribution in [3.8, 4) is 0 Å². The Morgan fingerprint density at radius 3 is 1.72 bits per heavy atom. The minimum absolute atomic E-state index is 0.0347. The van der Waals surface area contributed by atoms with Gasteiger partial charge in [0.1, 0.15) is 0 Å². The summed E-state index contributed by atoms with van der Waals surface area (Å²) in [4.78, 5) is 10.9. The van der Waals surface area contributed by atoms with Crippen LogP contribution in [-0.2, 0) is 10.8 Å². The molecule has 0 radical (unpaired) electrons. The van der Waals surface area contributed by atoms with Crippen molar-refractivity contribution < 1.29 is 0 Å². The summed E-state index contributed by atoms with van der Waals surface area (Å²) in [7, 11) is -0.521. The first kappa shape index (κ1) is 29.2. The number of hydrogen-bond acceptors (Lipinski definition) is 2. The molecule has 0 amide bonds. The highest BCUT2D eigenvalue weighted by Gasteiger charge is 2.29. The molecule has 0 saturated heterocycles.